The lowest BCUT2D eigenvalue weighted by Crippen LogP contribution is -2.33. The molecule has 1 atom stereocenters. The zero-order valence-corrected chi connectivity index (χ0v) is 5.80. The average molecular weight is 140 g/mol. The minimum absolute atomic E-state index is 0.329. The van der Waals surface area contributed by atoms with Crippen molar-refractivity contribution in [2.45, 2.75) is 12.5 Å². The average Bonchev–Trinajstić information content (AvgIpc) is 2.43. The minimum Gasteiger partial charge on any atom is -0.320 e. The molecule has 0 aromatic rings. The van der Waals surface area contributed by atoms with E-state index in [-0.39, 0.29) is 0 Å². The third-order valence-electron chi connectivity index (χ3n) is 1.75. The van der Waals surface area contributed by atoms with E-state index in [2.05, 4.69) is 5.32 Å². The number of nitrogens with zero attached hydrogens (tertiary/aromatic N) is 1. The van der Waals surface area contributed by atoms with Crippen LogP contribution in [0.5, 0.6) is 0 Å². The van der Waals surface area contributed by atoms with Gasteiger partial charge in [0.25, 0.3) is 0 Å². The van der Waals surface area contributed by atoms with E-state index in [9.17, 15) is 0 Å². The van der Waals surface area contributed by atoms with Crippen molar-refractivity contribution in [1.82, 2.24) is 10.2 Å². The van der Waals surface area contributed by atoms with Crippen LogP contribution in [-0.2, 0) is 0 Å². The summed E-state index contributed by atoms with van der Waals surface area (Å²) >= 11 is 0. The van der Waals surface area contributed by atoms with E-state index >= 15 is 0 Å². The Morgan fingerprint density at radius 3 is 2.50 bits per heavy atom. The molecule has 4 nitrogen and oxygen atoms in total. The third-order valence-corrected chi connectivity index (χ3v) is 1.75. The van der Waals surface area contributed by atoms with Crippen LogP contribution in [-0.4, -0.2) is 36.7 Å². The van der Waals surface area contributed by atoms with Gasteiger partial charge in [0.2, 0.25) is 0 Å². The van der Waals surface area contributed by atoms with Gasteiger partial charge in [0, 0.05) is 12.6 Å². The molecular formula is C6H12N4. The van der Waals surface area contributed by atoms with Crippen molar-refractivity contribution in [3.05, 3.63) is 0 Å². The van der Waals surface area contributed by atoms with Gasteiger partial charge in [-0.05, 0) is 13.0 Å². The molecule has 1 fully saturated rings. The molecule has 0 saturated carbocycles. The minimum atomic E-state index is 0.329. The normalized spacial score (nSPS) is 24.2. The van der Waals surface area contributed by atoms with Crippen molar-refractivity contribution in [2.24, 2.45) is 0 Å². The summed E-state index contributed by atoms with van der Waals surface area (Å²) in [5.74, 6) is 0. The molecule has 0 bridgehead atoms. The summed E-state index contributed by atoms with van der Waals surface area (Å²) in [6.45, 7) is 1.90. The number of hydrogen-bond donors (Lipinski definition) is 3. The Labute approximate surface area is 60.2 Å². The fraction of sp³-hybridized carbons (Fsp3) is 0.667. The van der Waals surface area contributed by atoms with Crippen LogP contribution in [0.1, 0.15) is 6.42 Å². The fourth-order valence-electron chi connectivity index (χ4n) is 1.14. The standard InChI is InChI=1S/C6H12N4/c7-4-10(5-8)6-1-2-9-3-6/h4-9H,1-3H2. The predicted octanol–water partition coefficient (Wildman–Crippen LogP) is -0.136. The second kappa shape index (κ2) is 3.31. The molecule has 1 aliphatic heterocycles. The van der Waals surface area contributed by atoms with Gasteiger partial charge in [0.1, 0.15) is 0 Å². The van der Waals surface area contributed by atoms with Crippen molar-refractivity contribution < 1.29 is 0 Å². The molecule has 0 spiro atoms. The Morgan fingerprint density at radius 2 is 2.10 bits per heavy atom. The maximum absolute atomic E-state index is 6.95. The molecule has 0 aliphatic carbocycles. The second-order valence-electron chi connectivity index (χ2n) is 2.35. The van der Waals surface area contributed by atoms with Crippen molar-refractivity contribution >= 4 is 12.7 Å². The van der Waals surface area contributed by atoms with Gasteiger partial charge in [-0.25, -0.2) is 0 Å². The van der Waals surface area contributed by atoms with Gasteiger partial charge in [-0.1, -0.05) is 0 Å². The van der Waals surface area contributed by atoms with E-state index in [0.717, 1.165) is 19.5 Å². The highest BCUT2D eigenvalue weighted by Gasteiger charge is 2.17. The van der Waals surface area contributed by atoms with E-state index < -0.39 is 0 Å². The Hall–Kier alpha value is -0.900. The molecule has 1 aliphatic rings. The summed E-state index contributed by atoms with van der Waals surface area (Å²) in [5.41, 5.74) is 0. The van der Waals surface area contributed by atoms with E-state index in [1.54, 1.807) is 4.90 Å². The predicted molar refractivity (Wildman–Crippen MR) is 40.7 cm³/mol. The zero-order valence-electron chi connectivity index (χ0n) is 5.80. The lowest BCUT2D eigenvalue weighted by atomic mass is 10.2. The van der Waals surface area contributed by atoms with Crippen LogP contribution in [0.2, 0.25) is 0 Å². The van der Waals surface area contributed by atoms with Crippen LogP contribution in [0.25, 0.3) is 0 Å². The first-order valence-corrected chi connectivity index (χ1v) is 3.38. The van der Waals surface area contributed by atoms with Gasteiger partial charge in [-0.15, -0.1) is 0 Å². The molecule has 1 heterocycles. The molecule has 1 unspecified atom stereocenters. The van der Waals surface area contributed by atoms with Crippen LogP contribution in [0.15, 0.2) is 0 Å². The third kappa shape index (κ3) is 1.33. The van der Waals surface area contributed by atoms with Crippen molar-refractivity contribution in [2.75, 3.05) is 13.1 Å². The SMILES string of the molecule is N=CN(C=N)C1CCNC1. The van der Waals surface area contributed by atoms with Gasteiger partial charge >= 0.3 is 0 Å². The first-order chi connectivity index (χ1) is 4.88. The fourth-order valence-corrected chi connectivity index (χ4v) is 1.14. The Morgan fingerprint density at radius 1 is 1.40 bits per heavy atom. The molecule has 4 heteroatoms. The van der Waals surface area contributed by atoms with Gasteiger partial charge in [0.05, 0.1) is 12.7 Å². The lowest BCUT2D eigenvalue weighted by Gasteiger charge is -2.18. The van der Waals surface area contributed by atoms with E-state index in [4.69, 9.17) is 10.8 Å². The zero-order chi connectivity index (χ0) is 7.40. The van der Waals surface area contributed by atoms with E-state index in [0.29, 0.717) is 6.04 Å². The molecule has 3 N–H and O–H groups in total. The largest absolute Gasteiger partial charge is 0.320 e. The highest BCUT2D eigenvalue weighted by Crippen LogP contribution is 2.03. The Kier molecular flexibility index (Phi) is 2.39. The monoisotopic (exact) mass is 140 g/mol. The maximum Gasteiger partial charge on any atom is 0.0871 e. The Bertz CT molecular complexity index is 120. The quantitative estimate of drug-likeness (QED) is 0.377. The summed E-state index contributed by atoms with van der Waals surface area (Å²) in [5, 5.41) is 17.1. The molecule has 0 radical (unpaired) electrons. The van der Waals surface area contributed by atoms with Crippen molar-refractivity contribution in [3.8, 4) is 0 Å². The molecule has 1 saturated heterocycles. The summed E-state index contributed by atoms with van der Waals surface area (Å²) in [6.07, 6.45) is 3.43. The second-order valence-corrected chi connectivity index (χ2v) is 2.35. The van der Waals surface area contributed by atoms with Crippen LogP contribution >= 0.6 is 0 Å². The molecule has 56 valence electrons. The lowest BCUT2D eigenvalue weighted by molar-refractivity contribution is 0.481. The number of nitrogens with one attached hydrogen (secondary N) is 3. The number of hydrogen-bond acceptors (Lipinski definition) is 3. The van der Waals surface area contributed by atoms with Gasteiger partial charge in [-0.2, -0.15) is 0 Å². The van der Waals surface area contributed by atoms with Crippen LogP contribution in [0.4, 0.5) is 0 Å². The smallest absolute Gasteiger partial charge is 0.0871 e. The molecule has 1 rings (SSSR count). The van der Waals surface area contributed by atoms with E-state index in [1.807, 2.05) is 0 Å². The molecular weight excluding hydrogens is 128 g/mol. The highest BCUT2D eigenvalue weighted by atomic mass is 15.2. The van der Waals surface area contributed by atoms with Crippen LogP contribution < -0.4 is 5.32 Å². The summed E-state index contributed by atoms with van der Waals surface area (Å²) in [7, 11) is 0. The summed E-state index contributed by atoms with van der Waals surface area (Å²) < 4.78 is 0. The molecule has 10 heavy (non-hydrogen) atoms. The summed E-state index contributed by atoms with van der Waals surface area (Å²) in [4.78, 5) is 1.61. The van der Waals surface area contributed by atoms with Crippen molar-refractivity contribution in [1.29, 1.82) is 10.8 Å². The van der Waals surface area contributed by atoms with Crippen LogP contribution in [0.3, 0.4) is 0 Å². The summed E-state index contributed by atoms with van der Waals surface area (Å²) in [6, 6.07) is 0.329. The van der Waals surface area contributed by atoms with Crippen molar-refractivity contribution in [3.63, 3.8) is 0 Å². The highest BCUT2D eigenvalue weighted by molar-refractivity contribution is 5.72. The van der Waals surface area contributed by atoms with Gasteiger partial charge in [-0.3, -0.25) is 10.8 Å². The Balaban J connectivity index is 2.43. The van der Waals surface area contributed by atoms with Gasteiger partial charge < -0.3 is 10.2 Å². The van der Waals surface area contributed by atoms with Gasteiger partial charge in [0.15, 0.2) is 0 Å². The first-order valence-electron chi connectivity index (χ1n) is 3.38. The molecule has 0 aromatic heterocycles. The maximum atomic E-state index is 6.95. The topological polar surface area (TPSA) is 63.0 Å². The van der Waals surface area contributed by atoms with Crippen LogP contribution in [0, 0.1) is 10.8 Å². The number of rotatable bonds is 3. The molecule has 0 aromatic carbocycles. The van der Waals surface area contributed by atoms with E-state index in [1.165, 1.54) is 12.7 Å². The molecule has 0 amide bonds. The first kappa shape index (κ1) is 7.21.